The fraction of sp³-hybridized carbons (Fsp3) is 0.364. The first-order valence-corrected chi connectivity index (χ1v) is 5.65. The minimum absolute atomic E-state index is 0.473. The van der Waals surface area contributed by atoms with Crippen molar-refractivity contribution in [2.24, 2.45) is 12.1 Å². The van der Waals surface area contributed by atoms with Crippen LogP contribution in [0.4, 0.5) is 0 Å². The predicted octanol–water partition coefficient (Wildman–Crippen LogP) is 1.02. The number of thiocarbonyl (C=S) groups is 1. The van der Waals surface area contributed by atoms with E-state index in [2.05, 4.69) is 27.5 Å². The van der Waals surface area contributed by atoms with Gasteiger partial charge in [-0.1, -0.05) is 6.08 Å². The van der Waals surface area contributed by atoms with Gasteiger partial charge in [0.2, 0.25) is 0 Å². The molecular formula is C11H17N5S. The molecule has 1 aromatic rings. The first-order valence-electron chi connectivity index (χ1n) is 5.24. The van der Waals surface area contributed by atoms with Crippen molar-refractivity contribution in [3.8, 4) is 0 Å². The smallest absolute Gasteiger partial charge is 0.187 e. The Morgan fingerprint density at radius 3 is 2.82 bits per heavy atom. The minimum Gasteiger partial charge on any atom is -0.358 e. The molecule has 0 aliphatic carbocycles. The number of aromatic nitrogens is 2. The second kappa shape index (κ2) is 6.15. The largest absolute Gasteiger partial charge is 0.358 e. The van der Waals surface area contributed by atoms with E-state index in [4.69, 9.17) is 12.2 Å². The van der Waals surface area contributed by atoms with Gasteiger partial charge in [0, 0.05) is 24.8 Å². The molecule has 2 N–H and O–H groups in total. The van der Waals surface area contributed by atoms with Crippen LogP contribution < -0.4 is 10.7 Å². The lowest BCUT2D eigenvalue weighted by atomic mass is 10.2. The van der Waals surface area contributed by atoms with Crippen LogP contribution in [0.3, 0.4) is 0 Å². The third-order valence-electron chi connectivity index (χ3n) is 2.33. The maximum absolute atomic E-state index is 5.00. The fourth-order valence-corrected chi connectivity index (χ4v) is 1.47. The number of hydrazone groups is 1. The molecule has 6 heteroatoms. The molecule has 0 bridgehead atoms. The SMILES string of the molecule is C=CCNC(=S)N/N=C\c1c(C)nn(C)c1C. The van der Waals surface area contributed by atoms with Crippen molar-refractivity contribution in [1.82, 2.24) is 20.5 Å². The lowest BCUT2D eigenvalue weighted by Gasteiger charge is -2.03. The molecule has 92 valence electrons. The molecule has 0 fully saturated rings. The lowest BCUT2D eigenvalue weighted by Crippen LogP contribution is -2.31. The van der Waals surface area contributed by atoms with Crippen LogP contribution in [0.1, 0.15) is 17.0 Å². The second-order valence-corrected chi connectivity index (χ2v) is 3.99. The Labute approximate surface area is 107 Å². The highest BCUT2D eigenvalue weighted by molar-refractivity contribution is 7.80. The van der Waals surface area contributed by atoms with E-state index in [1.54, 1.807) is 12.3 Å². The minimum atomic E-state index is 0.473. The molecule has 0 radical (unpaired) electrons. The second-order valence-electron chi connectivity index (χ2n) is 3.58. The molecule has 0 saturated heterocycles. The summed E-state index contributed by atoms with van der Waals surface area (Å²) in [6, 6.07) is 0. The van der Waals surface area contributed by atoms with E-state index in [1.807, 2.05) is 25.6 Å². The highest BCUT2D eigenvalue weighted by atomic mass is 32.1. The molecule has 0 atom stereocenters. The van der Waals surface area contributed by atoms with E-state index < -0.39 is 0 Å². The third-order valence-corrected chi connectivity index (χ3v) is 2.57. The van der Waals surface area contributed by atoms with E-state index in [0.717, 1.165) is 17.0 Å². The molecular weight excluding hydrogens is 234 g/mol. The summed E-state index contributed by atoms with van der Waals surface area (Å²) in [7, 11) is 1.91. The Morgan fingerprint density at radius 1 is 1.59 bits per heavy atom. The maximum atomic E-state index is 5.00. The van der Waals surface area contributed by atoms with E-state index in [0.29, 0.717) is 11.7 Å². The summed E-state index contributed by atoms with van der Waals surface area (Å²) in [6.07, 6.45) is 3.45. The highest BCUT2D eigenvalue weighted by Crippen LogP contribution is 2.08. The predicted molar refractivity (Wildman–Crippen MR) is 74.2 cm³/mol. The Balaban J connectivity index is 2.59. The average Bonchev–Trinajstić information content (AvgIpc) is 2.53. The van der Waals surface area contributed by atoms with Crippen molar-refractivity contribution >= 4 is 23.5 Å². The summed E-state index contributed by atoms with van der Waals surface area (Å²) in [5.41, 5.74) is 5.75. The molecule has 0 spiro atoms. The molecule has 0 amide bonds. The number of nitrogens with zero attached hydrogens (tertiary/aromatic N) is 3. The van der Waals surface area contributed by atoms with Gasteiger partial charge in [-0.3, -0.25) is 10.1 Å². The number of rotatable bonds is 4. The zero-order chi connectivity index (χ0) is 12.8. The molecule has 0 aliphatic rings. The molecule has 1 aromatic heterocycles. The van der Waals surface area contributed by atoms with Crippen LogP contribution in [0.5, 0.6) is 0 Å². The van der Waals surface area contributed by atoms with E-state index in [9.17, 15) is 0 Å². The molecule has 0 aliphatic heterocycles. The van der Waals surface area contributed by atoms with Crippen LogP contribution in [0.15, 0.2) is 17.8 Å². The standard InChI is InChI=1S/C11H17N5S/c1-5-6-12-11(17)14-13-7-10-8(2)15-16(4)9(10)3/h5,7H,1,6H2,2-4H3,(H2,12,14,17)/b13-7-. The summed E-state index contributed by atoms with van der Waals surface area (Å²) < 4.78 is 1.82. The van der Waals surface area contributed by atoms with E-state index in [1.165, 1.54) is 0 Å². The van der Waals surface area contributed by atoms with Gasteiger partial charge in [0.05, 0.1) is 11.9 Å². The van der Waals surface area contributed by atoms with Gasteiger partial charge in [-0.2, -0.15) is 10.2 Å². The van der Waals surface area contributed by atoms with Crippen LogP contribution >= 0.6 is 12.2 Å². The Morgan fingerprint density at radius 2 is 2.29 bits per heavy atom. The number of aryl methyl sites for hydroxylation is 2. The van der Waals surface area contributed by atoms with Gasteiger partial charge >= 0.3 is 0 Å². The van der Waals surface area contributed by atoms with Crippen LogP contribution in [-0.4, -0.2) is 27.7 Å². The first kappa shape index (κ1) is 13.4. The van der Waals surface area contributed by atoms with Crippen molar-refractivity contribution < 1.29 is 0 Å². The van der Waals surface area contributed by atoms with Crippen LogP contribution in [0, 0.1) is 13.8 Å². The topological polar surface area (TPSA) is 54.2 Å². The lowest BCUT2D eigenvalue weighted by molar-refractivity contribution is 0.731. The van der Waals surface area contributed by atoms with Gasteiger partial charge < -0.3 is 5.32 Å². The molecule has 1 rings (SSSR count). The zero-order valence-electron chi connectivity index (χ0n) is 10.3. The first-order chi connectivity index (χ1) is 8.06. The average molecular weight is 251 g/mol. The Bertz CT molecular complexity index is 447. The summed E-state index contributed by atoms with van der Waals surface area (Å²) >= 11 is 5.00. The summed E-state index contributed by atoms with van der Waals surface area (Å²) in [5, 5.41) is 11.8. The highest BCUT2D eigenvalue weighted by Gasteiger charge is 2.06. The normalized spacial score (nSPS) is 10.5. The number of hydrogen-bond donors (Lipinski definition) is 2. The van der Waals surface area contributed by atoms with E-state index >= 15 is 0 Å². The number of hydrogen-bond acceptors (Lipinski definition) is 3. The monoisotopic (exact) mass is 251 g/mol. The van der Waals surface area contributed by atoms with Gasteiger partial charge in [-0.05, 0) is 26.1 Å². The van der Waals surface area contributed by atoms with Crippen LogP contribution in [0.2, 0.25) is 0 Å². The van der Waals surface area contributed by atoms with Crippen LogP contribution in [0.25, 0.3) is 0 Å². The summed E-state index contributed by atoms with van der Waals surface area (Å²) in [4.78, 5) is 0. The number of nitrogens with one attached hydrogen (secondary N) is 2. The van der Waals surface area contributed by atoms with Crippen LogP contribution in [-0.2, 0) is 7.05 Å². The van der Waals surface area contributed by atoms with Crippen molar-refractivity contribution in [2.45, 2.75) is 13.8 Å². The Kier molecular flexibility index (Phi) is 4.84. The van der Waals surface area contributed by atoms with E-state index in [-0.39, 0.29) is 0 Å². The Hall–Kier alpha value is -1.69. The molecule has 0 saturated carbocycles. The maximum Gasteiger partial charge on any atom is 0.187 e. The summed E-state index contributed by atoms with van der Waals surface area (Å²) in [5.74, 6) is 0. The third kappa shape index (κ3) is 3.67. The quantitative estimate of drug-likeness (QED) is 0.363. The molecule has 0 aromatic carbocycles. The van der Waals surface area contributed by atoms with Crippen molar-refractivity contribution in [1.29, 1.82) is 0 Å². The van der Waals surface area contributed by atoms with Gasteiger partial charge in [-0.25, -0.2) is 0 Å². The van der Waals surface area contributed by atoms with Gasteiger partial charge in [0.25, 0.3) is 0 Å². The van der Waals surface area contributed by atoms with Crippen molar-refractivity contribution in [2.75, 3.05) is 6.54 Å². The van der Waals surface area contributed by atoms with Gasteiger partial charge in [0.1, 0.15) is 0 Å². The van der Waals surface area contributed by atoms with Gasteiger partial charge in [-0.15, -0.1) is 6.58 Å². The molecule has 5 nitrogen and oxygen atoms in total. The molecule has 0 unspecified atom stereocenters. The summed E-state index contributed by atoms with van der Waals surface area (Å²) in [6.45, 7) is 8.15. The van der Waals surface area contributed by atoms with Gasteiger partial charge in [0.15, 0.2) is 5.11 Å². The van der Waals surface area contributed by atoms with Crippen molar-refractivity contribution in [3.63, 3.8) is 0 Å². The molecule has 1 heterocycles. The zero-order valence-corrected chi connectivity index (χ0v) is 11.1. The fourth-order valence-electron chi connectivity index (χ4n) is 1.34. The van der Waals surface area contributed by atoms with Crippen molar-refractivity contribution in [3.05, 3.63) is 29.6 Å². The molecule has 17 heavy (non-hydrogen) atoms.